The molecule has 5 nitrogen and oxygen atoms in total. The van der Waals surface area contributed by atoms with Gasteiger partial charge in [0.2, 0.25) is 0 Å². The van der Waals surface area contributed by atoms with Gasteiger partial charge in [0, 0.05) is 11.8 Å². The van der Waals surface area contributed by atoms with E-state index in [0.717, 1.165) is 0 Å². The van der Waals surface area contributed by atoms with Gasteiger partial charge in [-0.05, 0) is 17.7 Å². The summed E-state index contributed by atoms with van der Waals surface area (Å²) < 4.78 is 38.5. The van der Waals surface area contributed by atoms with Crippen LogP contribution in [0, 0.1) is 0 Å². The highest BCUT2D eigenvalue weighted by Gasteiger charge is 2.46. The summed E-state index contributed by atoms with van der Waals surface area (Å²) in [5.41, 5.74) is 0.996. The standard InChI is InChI=1S/C16H14O5S/c17-16(22(18,19)20,11-12-6-2-1-3-7-12)15-10-13-8-4-5-9-14(13)21-15/h1-10,17H,11H2,(H,18,19,20). The molecular formula is C16H14O5S. The van der Waals surface area contributed by atoms with Gasteiger partial charge in [-0.25, -0.2) is 0 Å². The molecule has 6 heteroatoms. The smallest absolute Gasteiger partial charge is 0.303 e. The number of hydrogen-bond acceptors (Lipinski definition) is 4. The van der Waals surface area contributed by atoms with E-state index in [-0.39, 0.29) is 12.2 Å². The molecule has 2 N–H and O–H groups in total. The molecule has 0 fully saturated rings. The van der Waals surface area contributed by atoms with Crippen LogP contribution in [-0.2, 0) is 21.5 Å². The number of furan rings is 1. The molecule has 1 heterocycles. The molecule has 2 aromatic carbocycles. The van der Waals surface area contributed by atoms with E-state index in [1.165, 1.54) is 6.07 Å². The first-order valence-corrected chi connectivity index (χ1v) is 8.06. The summed E-state index contributed by atoms with van der Waals surface area (Å²) in [4.78, 5) is -2.53. The Morgan fingerprint density at radius 1 is 1.00 bits per heavy atom. The number of hydrogen-bond donors (Lipinski definition) is 2. The maximum Gasteiger partial charge on any atom is 0.303 e. The molecule has 114 valence electrons. The van der Waals surface area contributed by atoms with Gasteiger partial charge in [-0.2, -0.15) is 8.42 Å². The third-order valence-electron chi connectivity index (χ3n) is 3.52. The second-order valence-electron chi connectivity index (χ2n) is 5.07. The Morgan fingerprint density at radius 3 is 2.27 bits per heavy atom. The fraction of sp³-hybridized carbons (Fsp3) is 0.125. The van der Waals surface area contributed by atoms with E-state index in [0.29, 0.717) is 16.5 Å². The van der Waals surface area contributed by atoms with Gasteiger partial charge in [0.15, 0.2) is 5.76 Å². The second kappa shape index (κ2) is 5.24. The lowest BCUT2D eigenvalue weighted by molar-refractivity contribution is 0.0902. The van der Waals surface area contributed by atoms with Crippen molar-refractivity contribution in [1.82, 2.24) is 0 Å². The van der Waals surface area contributed by atoms with Gasteiger partial charge in [0.25, 0.3) is 4.93 Å². The third kappa shape index (κ3) is 2.52. The summed E-state index contributed by atoms with van der Waals surface area (Å²) in [5.74, 6) is -0.208. The summed E-state index contributed by atoms with van der Waals surface area (Å²) in [7, 11) is -4.80. The van der Waals surface area contributed by atoms with Crippen molar-refractivity contribution in [2.45, 2.75) is 11.4 Å². The first-order valence-electron chi connectivity index (χ1n) is 6.62. The van der Waals surface area contributed by atoms with E-state index in [1.807, 2.05) is 0 Å². The van der Waals surface area contributed by atoms with Crippen LogP contribution in [0.4, 0.5) is 0 Å². The second-order valence-corrected chi connectivity index (χ2v) is 6.70. The summed E-state index contributed by atoms with van der Waals surface area (Å²) in [6.45, 7) is 0. The van der Waals surface area contributed by atoms with E-state index < -0.39 is 15.1 Å². The molecule has 0 aliphatic rings. The zero-order valence-electron chi connectivity index (χ0n) is 11.5. The molecule has 3 rings (SSSR count). The molecule has 3 aromatic rings. The minimum atomic E-state index is -4.80. The Kier molecular flexibility index (Phi) is 3.52. The maximum atomic E-state index is 11.8. The molecule has 1 atom stereocenters. The Morgan fingerprint density at radius 2 is 1.64 bits per heavy atom. The highest BCUT2D eigenvalue weighted by Crippen LogP contribution is 2.34. The van der Waals surface area contributed by atoms with Crippen LogP contribution in [0.2, 0.25) is 0 Å². The van der Waals surface area contributed by atoms with Crippen molar-refractivity contribution in [2.75, 3.05) is 0 Å². The number of para-hydroxylation sites is 1. The van der Waals surface area contributed by atoms with Gasteiger partial charge >= 0.3 is 10.1 Å². The van der Waals surface area contributed by atoms with Crippen molar-refractivity contribution >= 4 is 21.1 Å². The van der Waals surface area contributed by atoms with Crippen molar-refractivity contribution in [3.63, 3.8) is 0 Å². The van der Waals surface area contributed by atoms with E-state index in [1.54, 1.807) is 54.6 Å². The fourth-order valence-corrected chi connectivity index (χ4v) is 3.06. The van der Waals surface area contributed by atoms with Crippen molar-refractivity contribution in [3.8, 4) is 0 Å². The van der Waals surface area contributed by atoms with Gasteiger partial charge in [0.05, 0.1) is 0 Å². The Labute approximate surface area is 127 Å². The SMILES string of the molecule is O=S(=O)(O)C(O)(Cc1ccccc1)c1cc2ccccc2o1. The van der Waals surface area contributed by atoms with E-state index in [2.05, 4.69) is 0 Å². The van der Waals surface area contributed by atoms with Crippen molar-refractivity contribution in [3.05, 3.63) is 72.0 Å². The van der Waals surface area contributed by atoms with Crippen molar-refractivity contribution in [1.29, 1.82) is 0 Å². The normalized spacial score (nSPS) is 14.8. The predicted octanol–water partition coefficient (Wildman–Crippen LogP) is 2.71. The van der Waals surface area contributed by atoms with Crippen molar-refractivity contribution in [2.24, 2.45) is 0 Å². The van der Waals surface area contributed by atoms with Crippen LogP contribution in [0.25, 0.3) is 11.0 Å². The lowest BCUT2D eigenvalue weighted by atomic mass is 10.1. The van der Waals surface area contributed by atoms with Crippen molar-refractivity contribution < 1.29 is 22.5 Å². The van der Waals surface area contributed by atoms with Gasteiger partial charge in [0.1, 0.15) is 5.58 Å². The highest BCUT2D eigenvalue weighted by atomic mass is 32.2. The third-order valence-corrected chi connectivity index (χ3v) is 4.72. The van der Waals surface area contributed by atoms with Crippen LogP contribution in [0.15, 0.2) is 65.1 Å². The van der Waals surface area contributed by atoms with Gasteiger partial charge in [-0.3, -0.25) is 4.55 Å². The fourth-order valence-electron chi connectivity index (χ4n) is 2.35. The lowest BCUT2D eigenvalue weighted by Crippen LogP contribution is -2.37. The van der Waals surface area contributed by atoms with Gasteiger partial charge in [-0.1, -0.05) is 48.5 Å². The largest absolute Gasteiger partial charge is 0.457 e. The topological polar surface area (TPSA) is 87.7 Å². The Hall–Kier alpha value is -2.15. The molecule has 1 unspecified atom stereocenters. The summed E-state index contributed by atoms with van der Waals surface area (Å²) in [6, 6.07) is 16.9. The van der Waals surface area contributed by atoms with Crippen LogP contribution in [0.5, 0.6) is 0 Å². The first kappa shape index (κ1) is 14.8. The molecule has 0 radical (unpaired) electrons. The van der Waals surface area contributed by atoms with Crippen LogP contribution >= 0.6 is 0 Å². The molecule has 0 aliphatic carbocycles. The maximum absolute atomic E-state index is 11.8. The molecule has 0 aliphatic heterocycles. The molecule has 0 amide bonds. The number of aliphatic hydroxyl groups is 1. The van der Waals surface area contributed by atoms with Crippen LogP contribution in [-0.4, -0.2) is 18.1 Å². The van der Waals surface area contributed by atoms with E-state index in [4.69, 9.17) is 4.42 Å². The van der Waals surface area contributed by atoms with Crippen LogP contribution in [0.1, 0.15) is 11.3 Å². The average Bonchev–Trinajstić information content (AvgIpc) is 2.91. The molecule has 0 bridgehead atoms. The summed E-state index contributed by atoms with van der Waals surface area (Å²) >= 11 is 0. The van der Waals surface area contributed by atoms with E-state index in [9.17, 15) is 18.1 Å². The lowest BCUT2D eigenvalue weighted by Gasteiger charge is -2.22. The van der Waals surface area contributed by atoms with Gasteiger partial charge in [-0.15, -0.1) is 0 Å². The first-order chi connectivity index (χ1) is 10.4. The number of benzene rings is 2. The van der Waals surface area contributed by atoms with Gasteiger partial charge < -0.3 is 9.52 Å². The van der Waals surface area contributed by atoms with Crippen LogP contribution in [0.3, 0.4) is 0 Å². The molecular weight excluding hydrogens is 304 g/mol. The molecule has 0 saturated carbocycles. The molecule has 0 spiro atoms. The molecule has 0 saturated heterocycles. The minimum absolute atomic E-state index is 0.208. The zero-order valence-corrected chi connectivity index (χ0v) is 12.3. The molecule has 1 aromatic heterocycles. The average molecular weight is 318 g/mol. The summed E-state index contributed by atoms with van der Waals surface area (Å²) in [5, 5.41) is 11.3. The number of rotatable bonds is 4. The zero-order chi connectivity index (χ0) is 15.8. The minimum Gasteiger partial charge on any atom is -0.457 e. The monoisotopic (exact) mass is 318 g/mol. The van der Waals surface area contributed by atoms with E-state index >= 15 is 0 Å². The predicted molar refractivity (Wildman–Crippen MR) is 81.8 cm³/mol. The Balaban J connectivity index is 2.14. The number of fused-ring (bicyclic) bond motifs is 1. The quantitative estimate of drug-likeness (QED) is 0.722. The summed E-state index contributed by atoms with van der Waals surface area (Å²) in [6.07, 6.45) is -0.313. The highest BCUT2D eigenvalue weighted by molar-refractivity contribution is 7.86. The van der Waals surface area contributed by atoms with Crippen LogP contribution < -0.4 is 0 Å². The Bertz CT molecular complexity index is 865. The molecule has 22 heavy (non-hydrogen) atoms.